The van der Waals surface area contributed by atoms with Crippen LogP contribution in [0.25, 0.3) is 0 Å². The molecule has 1 N–H and O–H groups in total. The van der Waals surface area contributed by atoms with Gasteiger partial charge in [-0.15, -0.1) is 5.10 Å². The van der Waals surface area contributed by atoms with E-state index in [9.17, 15) is 4.79 Å². The van der Waals surface area contributed by atoms with Gasteiger partial charge in [0, 0.05) is 5.02 Å². The molecule has 0 saturated carbocycles. The van der Waals surface area contributed by atoms with Gasteiger partial charge >= 0.3 is 0 Å². The van der Waals surface area contributed by atoms with E-state index in [0.29, 0.717) is 15.6 Å². The summed E-state index contributed by atoms with van der Waals surface area (Å²) < 4.78 is 3.68. The summed E-state index contributed by atoms with van der Waals surface area (Å²) in [5, 5.41) is 8.26. The Labute approximate surface area is 113 Å². The zero-order valence-corrected chi connectivity index (χ0v) is 11.0. The number of nitrogens with one attached hydrogen (secondary N) is 1. The number of halogens is 1. The molecule has 7 heteroatoms. The molecule has 0 aliphatic rings. The number of carbonyl (C=O) groups is 1. The van der Waals surface area contributed by atoms with Crippen LogP contribution in [-0.2, 0) is 0 Å². The fraction of sp³-hybridized carbons (Fsp3) is 0.0909. The normalized spacial score (nSPS) is 10.8. The number of benzene rings is 1. The number of aromatic nitrogens is 2. The summed E-state index contributed by atoms with van der Waals surface area (Å²) in [4.78, 5) is 12.1. The van der Waals surface area contributed by atoms with Crippen LogP contribution in [0.3, 0.4) is 0 Å². The van der Waals surface area contributed by atoms with Crippen LogP contribution in [0.15, 0.2) is 29.4 Å². The van der Waals surface area contributed by atoms with Crippen molar-refractivity contribution < 1.29 is 4.79 Å². The average Bonchev–Trinajstić information content (AvgIpc) is 2.78. The Morgan fingerprint density at radius 1 is 1.44 bits per heavy atom. The Morgan fingerprint density at radius 3 is 2.78 bits per heavy atom. The number of hydrogen-bond donors (Lipinski definition) is 1. The third-order valence-corrected chi connectivity index (χ3v) is 3.19. The van der Waals surface area contributed by atoms with Crippen molar-refractivity contribution in [2.75, 3.05) is 0 Å². The molecule has 0 spiro atoms. The van der Waals surface area contributed by atoms with Gasteiger partial charge in [-0.2, -0.15) is 5.10 Å². The van der Waals surface area contributed by atoms with E-state index in [4.69, 9.17) is 11.6 Å². The van der Waals surface area contributed by atoms with Crippen molar-refractivity contribution >= 4 is 35.3 Å². The first-order valence-electron chi connectivity index (χ1n) is 5.05. The van der Waals surface area contributed by atoms with Gasteiger partial charge < -0.3 is 0 Å². The van der Waals surface area contributed by atoms with Crippen molar-refractivity contribution in [2.24, 2.45) is 5.10 Å². The minimum atomic E-state index is -0.312. The fourth-order valence-corrected chi connectivity index (χ4v) is 1.88. The maximum atomic E-state index is 11.7. The first-order chi connectivity index (χ1) is 8.66. The van der Waals surface area contributed by atoms with E-state index in [0.717, 1.165) is 17.1 Å². The van der Waals surface area contributed by atoms with E-state index in [1.807, 2.05) is 0 Å². The van der Waals surface area contributed by atoms with Crippen LogP contribution < -0.4 is 5.43 Å². The molecule has 0 aliphatic carbocycles. The van der Waals surface area contributed by atoms with E-state index in [1.54, 1.807) is 31.2 Å². The van der Waals surface area contributed by atoms with Crippen LogP contribution in [-0.4, -0.2) is 21.7 Å². The Kier molecular flexibility index (Phi) is 4.01. The largest absolute Gasteiger partial charge is 0.285 e. The molecule has 1 amide bonds. The molecular weight excluding hydrogens is 272 g/mol. The van der Waals surface area contributed by atoms with Crippen LogP contribution in [0.4, 0.5) is 0 Å². The molecule has 1 aromatic carbocycles. The SMILES string of the molecule is Cc1nnsc1C(=O)NN=Cc1ccc(Cl)cc1. The fourth-order valence-electron chi connectivity index (χ4n) is 1.20. The standard InChI is InChI=1S/C11H9ClN4OS/c1-7-10(18-16-14-7)11(17)15-13-6-8-2-4-9(12)5-3-8/h2-6H,1H3,(H,15,17). The third kappa shape index (κ3) is 3.12. The molecular formula is C11H9ClN4OS. The molecule has 0 bridgehead atoms. The zero-order valence-electron chi connectivity index (χ0n) is 9.42. The molecule has 5 nitrogen and oxygen atoms in total. The van der Waals surface area contributed by atoms with Gasteiger partial charge in [0.2, 0.25) is 0 Å². The number of hydrogen-bond acceptors (Lipinski definition) is 5. The van der Waals surface area contributed by atoms with Crippen molar-refractivity contribution in [3.05, 3.63) is 45.4 Å². The Hall–Kier alpha value is -1.79. The van der Waals surface area contributed by atoms with E-state index >= 15 is 0 Å². The second-order valence-corrected chi connectivity index (χ2v) is 4.63. The summed E-state index contributed by atoms with van der Waals surface area (Å²) in [7, 11) is 0. The third-order valence-electron chi connectivity index (χ3n) is 2.11. The van der Waals surface area contributed by atoms with Gasteiger partial charge in [0.15, 0.2) is 0 Å². The maximum Gasteiger partial charge on any atom is 0.285 e. The van der Waals surface area contributed by atoms with Gasteiger partial charge in [-0.05, 0) is 36.2 Å². The van der Waals surface area contributed by atoms with E-state index in [2.05, 4.69) is 20.1 Å². The maximum absolute atomic E-state index is 11.7. The summed E-state index contributed by atoms with van der Waals surface area (Å²) in [6, 6.07) is 7.11. The lowest BCUT2D eigenvalue weighted by Crippen LogP contribution is -2.17. The summed E-state index contributed by atoms with van der Waals surface area (Å²) in [5.41, 5.74) is 3.86. The Balaban J connectivity index is 1.98. The molecule has 0 aliphatic heterocycles. The van der Waals surface area contributed by atoms with Crippen LogP contribution in [0, 0.1) is 6.92 Å². The predicted molar refractivity (Wildman–Crippen MR) is 71.2 cm³/mol. The number of carbonyl (C=O) groups excluding carboxylic acids is 1. The van der Waals surface area contributed by atoms with E-state index < -0.39 is 0 Å². The van der Waals surface area contributed by atoms with E-state index in [1.165, 1.54) is 6.21 Å². The molecule has 1 heterocycles. The number of amides is 1. The van der Waals surface area contributed by atoms with Crippen LogP contribution >= 0.6 is 23.1 Å². The second kappa shape index (κ2) is 5.70. The summed E-state index contributed by atoms with van der Waals surface area (Å²) in [5.74, 6) is -0.312. The lowest BCUT2D eigenvalue weighted by atomic mass is 10.2. The predicted octanol–water partition coefficient (Wildman–Crippen LogP) is 2.26. The van der Waals surface area contributed by atoms with Crippen molar-refractivity contribution in [3.63, 3.8) is 0 Å². The second-order valence-electron chi connectivity index (χ2n) is 3.44. The molecule has 92 valence electrons. The van der Waals surface area contributed by atoms with Crippen LogP contribution in [0.5, 0.6) is 0 Å². The van der Waals surface area contributed by atoms with Gasteiger partial charge in [0.25, 0.3) is 5.91 Å². The average molecular weight is 281 g/mol. The van der Waals surface area contributed by atoms with Crippen molar-refractivity contribution in [3.8, 4) is 0 Å². The molecule has 1 aromatic heterocycles. The monoisotopic (exact) mass is 280 g/mol. The molecule has 2 rings (SSSR count). The Bertz CT molecular complexity index is 579. The van der Waals surface area contributed by atoms with Crippen molar-refractivity contribution in [1.82, 2.24) is 15.0 Å². The van der Waals surface area contributed by atoms with Crippen LogP contribution in [0.1, 0.15) is 20.9 Å². The molecule has 2 aromatic rings. The molecule has 0 saturated heterocycles. The lowest BCUT2D eigenvalue weighted by Gasteiger charge is -1.96. The Morgan fingerprint density at radius 2 is 2.17 bits per heavy atom. The smallest absolute Gasteiger partial charge is 0.266 e. The van der Waals surface area contributed by atoms with E-state index in [-0.39, 0.29) is 5.91 Å². The lowest BCUT2D eigenvalue weighted by molar-refractivity contribution is 0.0958. The number of nitrogens with zero attached hydrogens (tertiary/aromatic N) is 3. The number of aryl methyl sites for hydroxylation is 1. The topological polar surface area (TPSA) is 67.2 Å². The first-order valence-corrected chi connectivity index (χ1v) is 6.20. The highest BCUT2D eigenvalue weighted by Gasteiger charge is 2.11. The quantitative estimate of drug-likeness (QED) is 0.693. The van der Waals surface area contributed by atoms with Gasteiger partial charge in [-0.1, -0.05) is 28.2 Å². The van der Waals surface area contributed by atoms with Crippen molar-refractivity contribution in [2.45, 2.75) is 6.92 Å². The molecule has 0 unspecified atom stereocenters. The summed E-state index contributed by atoms with van der Waals surface area (Å²) in [6.45, 7) is 1.72. The van der Waals surface area contributed by atoms with Gasteiger partial charge in [-0.25, -0.2) is 5.43 Å². The highest BCUT2D eigenvalue weighted by atomic mass is 35.5. The first kappa shape index (κ1) is 12.7. The zero-order chi connectivity index (χ0) is 13.0. The summed E-state index contributed by atoms with van der Waals surface area (Å²) in [6.07, 6.45) is 1.54. The van der Waals surface area contributed by atoms with Gasteiger partial charge in [0.1, 0.15) is 4.88 Å². The minimum absolute atomic E-state index is 0.312. The minimum Gasteiger partial charge on any atom is -0.266 e. The highest BCUT2D eigenvalue weighted by molar-refractivity contribution is 7.07. The molecule has 0 radical (unpaired) electrons. The number of rotatable bonds is 3. The molecule has 18 heavy (non-hydrogen) atoms. The van der Waals surface area contributed by atoms with Gasteiger partial charge in [-0.3, -0.25) is 4.79 Å². The molecule has 0 atom stereocenters. The van der Waals surface area contributed by atoms with Crippen molar-refractivity contribution in [1.29, 1.82) is 0 Å². The highest BCUT2D eigenvalue weighted by Crippen LogP contribution is 2.09. The summed E-state index contributed by atoms with van der Waals surface area (Å²) >= 11 is 6.80. The van der Waals surface area contributed by atoms with Gasteiger partial charge in [0.05, 0.1) is 11.9 Å². The molecule has 0 fully saturated rings. The number of hydrazone groups is 1. The van der Waals surface area contributed by atoms with Crippen LogP contribution in [0.2, 0.25) is 5.02 Å².